The number of rotatable bonds is 4. The van der Waals surface area contributed by atoms with E-state index in [0.29, 0.717) is 5.13 Å². The molecule has 21 heavy (non-hydrogen) atoms. The Labute approximate surface area is 127 Å². The van der Waals surface area contributed by atoms with Gasteiger partial charge in [-0.15, -0.1) is 11.3 Å². The number of aromatic nitrogens is 1. The second-order valence-corrected chi connectivity index (χ2v) is 5.57. The van der Waals surface area contributed by atoms with Gasteiger partial charge in [0.1, 0.15) is 5.75 Å². The highest BCUT2D eigenvalue weighted by atomic mass is 32.1. The van der Waals surface area contributed by atoms with Crippen LogP contribution in [0.2, 0.25) is 0 Å². The summed E-state index contributed by atoms with van der Waals surface area (Å²) in [6.45, 7) is 3.89. The molecule has 2 rings (SSSR count). The Kier molecular flexibility index (Phi) is 4.94. The topological polar surface area (TPSA) is 63.2 Å². The molecule has 0 atom stereocenters. The summed E-state index contributed by atoms with van der Waals surface area (Å²) in [5.41, 5.74) is 1.90. The third-order valence-corrected chi connectivity index (χ3v) is 3.84. The van der Waals surface area contributed by atoms with E-state index in [-0.39, 0.29) is 6.03 Å². The van der Waals surface area contributed by atoms with Gasteiger partial charge in [0.25, 0.3) is 0 Å². The number of ether oxygens (including phenoxy) is 1. The van der Waals surface area contributed by atoms with Crippen LogP contribution in [0.3, 0.4) is 0 Å². The highest BCUT2D eigenvalue weighted by Crippen LogP contribution is 2.20. The first-order chi connectivity index (χ1) is 10.1. The van der Waals surface area contributed by atoms with Crippen LogP contribution in [0, 0.1) is 13.8 Å². The van der Waals surface area contributed by atoms with Crippen molar-refractivity contribution in [3.05, 3.63) is 46.6 Å². The lowest BCUT2D eigenvalue weighted by Gasteiger charge is -2.01. The number of carbonyl (C=O) groups is 1. The van der Waals surface area contributed by atoms with Crippen molar-refractivity contribution in [2.45, 2.75) is 13.8 Å². The van der Waals surface area contributed by atoms with Crippen molar-refractivity contribution < 1.29 is 9.53 Å². The summed E-state index contributed by atoms with van der Waals surface area (Å²) in [5.74, 6) is 0.798. The summed E-state index contributed by atoms with van der Waals surface area (Å²) in [6, 6.07) is 7.22. The minimum Gasteiger partial charge on any atom is -0.497 e. The molecule has 2 aromatic rings. The van der Waals surface area contributed by atoms with Gasteiger partial charge in [0.15, 0.2) is 5.13 Å². The van der Waals surface area contributed by atoms with E-state index in [9.17, 15) is 4.79 Å². The Morgan fingerprint density at radius 1 is 1.29 bits per heavy atom. The lowest BCUT2D eigenvalue weighted by molar-refractivity contribution is 0.255. The minimum absolute atomic E-state index is 0.312. The molecule has 0 bridgehead atoms. The highest BCUT2D eigenvalue weighted by molar-refractivity contribution is 7.15. The monoisotopic (exact) mass is 303 g/mol. The van der Waals surface area contributed by atoms with Crippen molar-refractivity contribution in [1.29, 1.82) is 0 Å². The Morgan fingerprint density at radius 3 is 2.57 bits per heavy atom. The number of nitrogens with zero attached hydrogens (tertiary/aromatic N) is 1. The predicted molar refractivity (Wildman–Crippen MR) is 85.8 cm³/mol. The third kappa shape index (κ3) is 4.32. The van der Waals surface area contributed by atoms with Crippen molar-refractivity contribution in [2.75, 3.05) is 12.4 Å². The van der Waals surface area contributed by atoms with E-state index >= 15 is 0 Å². The molecule has 1 aromatic heterocycles. The fourth-order valence-electron chi connectivity index (χ4n) is 1.59. The number of urea groups is 1. The van der Waals surface area contributed by atoms with Crippen molar-refractivity contribution in [3.8, 4) is 5.75 Å². The summed E-state index contributed by atoms with van der Waals surface area (Å²) in [5, 5.41) is 5.93. The number of benzene rings is 1. The predicted octanol–water partition coefficient (Wildman–Crippen LogP) is 3.56. The van der Waals surface area contributed by atoms with E-state index in [4.69, 9.17) is 4.74 Å². The largest absolute Gasteiger partial charge is 0.497 e. The highest BCUT2D eigenvalue weighted by Gasteiger charge is 2.05. The summed E-state index contributed by atoms with van der Waals surface area (Å²) in [7, 11) is 1.62. The number of thiazole rings is 1. The van der Waals surface area contributed by atoms with E-state index in [1.54, 1.807) is 19.4 Å². The third-order valence-electron chi connectivity index (χ3n) is 2.86. The Morgan fingerprint density at radius 2 is 2.00 bits per heavy atom. The molecular weight excluding hydrogens is 286 g/mol. The molecule has 0 aliphatic carbocycles. The van der Waals surface area contributed by atoms with Crippen LogP contribution >= 0.6 is 11.3 Å². The van der Waals surface area contributed by atoms with Gasteiger partial charge in [-0.25, -0.2) is 9.78 Å². The first kappa shape index (κ1) is 15.1. The van der Waals surface area contributed by atoms with Gasteiger partial charge in [-0.05, 0) is 37.6 Å². The summed E-state index contributed by atoms with van der Waals surface area (Å²) < 4.78 is 5.08. The quantitative estimate of drug-likeness (QED) is 0.907. The van der Waals surface area contributed by atoms with E-state index < -0.39 is 0 Å². The van der Waals surface area contributed by atoms with E-state index in [1.165, 1.54) is 11.3 Å². The van der Waals surface area contributed by atoms with Crippen LogP contribution in [0.1, 0.15) is 16.1 Å². The maximum absolute atomic E-state index is 11.7. The Bertz CT molecular complexity index is 628. The minimum atomic E-state index is -0.312. The zero-order chi connectivity index (χ0) is 15.2. The molecule has 1 aromatic carbocycles. The van der Waals surface area contributed by atoms with Gasteiger partial charge < -0.3 is 10.1 Å². The Balaban J connectivity index is 1.86. The average Bonchev–Trinajstić information content (AvgIpc) is 2.78. The van der Waals surface area contributed by atoms with Gasteiger partial charge in [-0.1, -0.05) is 12.1 Å². The number of amides is 2. The normalized spacial score (nSPS) is 10.6. The number of nitrogens with one attached hydrogen (secondary N) is 2. The van der Waals surface area contributed by atoms with Crippen LogP contribution in [0.4, 0.5) is 9.93 Å². The maximum atomic E-state index is 11.7. The fraction of sp³-hybridized carbons (Fsp3) is 0.200. The molecule has 2 amide bonds. The molecule has 6 heteroatoms. The molecule has 0 saturated carbocycles. The number of methoxy groups -OCH3 is 1. The number of aryl methyl sites for hydroxylation is 2. The van der Waals surface area contributed by atoms with Crippen LogP contribution in [-0.4, -0.2) is 18.1 Å². The van der Waals surface area contributed by atoms with Gasteiger partial charge in [0, 0.05) is 11.1 Å². The fourth-order valence-corrected chi connectivity index (χ4v) is 2.40. The molecule has 0 unspecified atom stereocenters. The first-order valence-electron chi connectivity index (χ1n) is 6.40. The standard InChI is InChI=1S/C15H17N3O2S/c1-10-11(2)21-15(17-10)18-14(19)16-9-8-12-4-6-13(20-3)7-5-12/h4-9H,1-3H3,(H2,16,17,18,19)/b9-8+. The number of anilines is 1. The van der Waals surface area contributed by atoms with E-state index in [0.717, 1.165) is 21.9 Å². The molecule has 1 heterocycles. The van der Waals surface area contributed by atoms with Gasteiger partial charge >= 0.3 is 6.03 Å². The van der Waals surface area contributed by atoms with Crippen molar-refractivity contribution in [3.63, 3.8) is 0 Å². The molecule has 110 valence electrons. The van der Waals surface area contributed by atoms with Gasteiger partial charge in [-0.2, -0.15) is 0 Å². The van der Waals surface area contributed by atoms with E-state index in [1.807, 2.05) is 38.1 Å². The summed E-state index contributed by atoms with van der Waals surface area (Å²) >= 11 is 1.46. The second kappa shape index (κ2) is 6.90. The smallest absolute Gasteiger partial charge is 0.325 e. The summed E-state index contributed by atoms with van der Waals surface area (Å²) in [4.78, 5) is 17.0. The zero-order valence-electron chi connectivity index (χ0n) is 12.1. The lowest BCUT2D eigenvalue weighted by Crippen LogP contribution is -2.23. The number of carbonyl (C=O) groups excluding carboxylic acids is 1. The molecule has 0 saturated heterocycles. The van der Waals surface area contributed by atoms with Gasteiger partial charge in [-0.3, -0.25) is 5.32 Å². The van der Waals surface area contributed by atoms with Crippen LogP contribution in [0.15, 0.2) is 30.5 Å². The van der Waals surface area contributed by atoms with Crippen molar-refractivity contribution >= 4 is 28.6 Å². The van der Waals surface area contributed by atoms with Crippen molar-refractivity contribution in [2.24, 2.45) is 0 Å². The maximum Gasteiger partial charge on any atom is 0.325 e. The SMILES string of the molecule is COc1ccc(/C=C/NC(=O)Nc2nc(C)c(C)s2)cc1. The molecule has 0 aliphatic heterocycles. The lowest BCUT2D eigenvalue weighted by atomic mass is 10.2. The molecule has 2 N–H and O–H groups in total. The molecular formula is C15H17N3O2S. The van der Waals surface area contributed by atoms with Crippen LogP contribution in [0.25, 0.3) is 6.08 Å². The number of hydrogen-bond acceptors (Lipinski definition) is 4. The number of hydrogen-bond donors (Lipinski definition) is 2. The van der Waals surface area contributed by atoms with Crippen LogP contribution in [0.5, 0.6) is 5.75 Å². The average molecular weight is 303 g/mol. The zero-order valence-corrected chi connectivity index (χ0v) is 13.0. The van der Waals surface area contributed by atoms with Gasteiger partial charge in [0.2, 0.25) is 0 Å². The summed E-state index contributed by atoms with van der Waals surface area (Å²) in [6.07, 6.45) is 3.39. The first-order valence-corrected chi connectivity index (χ1v) is 7.22. The molecule has 5 nitrogen and oxygen atoms in total. The molecule has 0 spiro atoms. The van der Waals surface area contributed by atoms with Gasteiger partial charge in [0.05, 0.1) is 12.8 Å². The van der Waals surface area contributed by atoms with Crippen molar-refractivity contribution in [1.82, 2.24) is 10.3 Å². The molecule has 0 fully saturated rings. The molecule has 0 aliphatic rings. The molecule has 0 radical (unpaired) electrons. The van der Waals surface area contributed by atoms with E-state index in [2.05, 4.69) is 15.6 Å². The van der Waals surface area contributed by atoms with Crippen LogP contribution < -0.4 is 15.4 Å². The van der Waals surface area contributed by atoms with Crippen LogP contribution in [-0.2, 0) is 0 Å². The Hall–Kier alpha value is -2.34. The second-order valence-electron chi connectivity index (χ2n) is 4.37.